The number of alkyl carbamates (subject to hydrolysis) is 1. The molecule has 1 heterocycles. The summed E-state index contributed by atoms with van der Waals surface area (Å²) in [5, 5.41) is 5.62. The van der Waals surface area contributed by atoms with Gasteiger partial charge in [0.2, 0.25) is 0 Å². The molecule has 12 nitrogen and oxygen atoms in total. The van der Waals surface area contributed by atoms with E-state index >= 15 is 0 Å². The molecule has 0 aromatic carbocycles. The molecule has 0 spiro atoms. The number of nitrogens with zero attached hydrogens (tertiary/aromatic N) is 4. The number of aromatic nitrogens is 3. The molecule has 0 fully saturated rings. The van der Waals surface area contributed by atoms with E-state index < -0.39 is 28.7 Å². The first kappa shape index (κ1) is 43.0. The van der Waals surface area contributed by atoms with Gasteiger partial charge in [0.25, 0.3) is 0 Å². The molecule has 3 amide bonds. The molecule has 2 N–H and O–H groups in total. The van der Waals surface area contributed by atoms with Crippen LogP contribution in [-0.4, -0.2) is 62.5 Å². The molecule has 1 aromatic rings. The van der Waals surface area contributed by atoms with Crippen LogP contribution in [0.4, 0.5) is 9.59 Å². The summed E-state index contributed by atoms with van der Waals surface area (Å²) in [5.74, 6) is 0.667. The van der Waals surface area contributed by atoms with Crippen molar-refractivity contribution in [2.24, 2.45) is 5.92 Å². The van der Waals surface area contributed by atoms with Crippen molar-refractivity contribution in [3.63, 3.8) is 0 Å². The molecule has 1 rings (SSSR count). The average Bonchev–Trinajstić information content (AvgIpc) is 3.02. The number of carbonyl (C=O) groups is 2. The first-order valence-electron chi connectivity index (χ1n) is 18.8. The Hall–Kier alpha value is -3.05. The summed E-state index contributed by atoms with van der Waals surface area (Å²) in [4.78, 5) is 66.3. The van der Waals surface area contributed by atoms with Crippen molar-refractivity contribution in [2.45, 2.75) is 170 Å². The molecule has 12 heteroatoms. The van der Waals surface area contributed by atoms with Crippen LogP contribution in [0, 0.1) is 5.92 Å². The van der Waals surface area contributed by atoms with Crippen molar-refractivity contribution in [2.75, 3.05) is 26.2 Å². The molecule has 0 aliphatic heterocycles. The minimum Gasteiger partial charge on any atom is -0.448 e. The van der Waals surface area contributed by atoms with E-state index in [1.165, 1.54) is 20.1 Å². The smallest absolute Gasteiger partial charge is 0.407 e. The predicted octanol–water partition coefficient (Wildman–Crippen LogP) is 6.26. The summed E-state index contributed by atoms with van der Waals surface area (Å²) in [6, 6.07) is -0.218. The van der Waals surface area contributed by atoms with Crippen LogP contribution in [0.3, 0.4) is 0 Å². The second-order valence-corrected chi connectivity index (χ2v) is 14.3. The van der Waals surface area contributed by atoms with E-state index in [1.54, 1.807) is 4.90 Å². The predicted molar refractivity (Wildman–Crippen MR) is 194 cm³/mol. The lowest BCUT2D eigenvalue weighted by atomic mass is 10.0. The molecule has 0 bridgehead atoms. The highest BCUT2D eigenvalue weighted by atomic mass is 16.5. The van der Waals surface area contributed by atoms with Gasteiger partial charge in [-0.1, -0.05) is 91.9 Å². The lowest BCUT2D eigenvalue weighted by Crippen LogP contribution is -2.54. The zero-order chi connectivity index (χ0) is 36.0. The molecule has 1 aromatic heterocycles. The quantitative estimate of drug-likeness (QED) is 0.117. The zero-order valence-electron chi connectivity index (χ0n) is 31.4. The summed E-state index contributed by atoms with van der Waals surface area (Å²) >= 11 is 0. The van der Waals surface area contributed by atoms with Gasteiger partial charge in [0.05, 0.1) is 6.54 Å². The monoisotopic (exact) mass is 681 g/mol. The van der Waals surface area contributed by atoms with Crippen molar-refractivity contribution in [1.29, 1.82) is 0 Å². The number of urea groups is 1. The minimum absolute atomic E-state index is 0.103. The summed E-state index contributed by atoms with van der Waals surface area (Å²) in [6.45, 7) is 16.7. The topological polar surface area (TPSA) is 137 Å². The van der Waals surface area contributed by atoms with Crippen LogP contribution in [0.15, 0.2) is 14.4 Å². The van der Waals surface area contributed by atoms with E-state index in [-0.39, 0.29) is 25.7 Å². The summed E-state index contributed by atoms with van der Waals surface area (Å²) < 4.78 is 8.99. The fourth-order valence-corrected chi connectivity index (χ4v) is 5.59. The SMILES string of the molecule is CCCCCCCn1c(=O)n(CCCCCCNC(=O)N(CCOC(=O)NCCC)C(C)(C)C)c(=O)n(CCCCCCC(C)C)c1=O. The first-order chi connectivity index (χ1) is 22.8. The van der Waals surface area contributed by atoms with Crippen LogP contribution in [0.2, 0.25) is 0 Å². The Morgan fingerprint density at radius 2 is 1.15 bits per heavy atom. The molecule has 0 saturated carbocycles. The van der Waals surface area contributed by atoms with Gasteiger partial charge in [-0.3, -0.25) is 0 Å². The van der Waals surface area contributed by atoms with Gasteiger partial charge in [0.15, 0.2) is 0 Å². The number of ether oxygens (including phenoxy) is 1. The highest BCUT2D eigenvalue weighted by molar-refractivity contribution is 5.75. The van der Waals surface area contributed by atoms with Crippen molar-refractivity contribution in [1.82, 2.24) is 29.2 Å². The molecule has 48 heavy (non-hydrogen) atoms. The van der Waals surface area contributed by atoms with E-state index in [1.807, 2.05) is 27.7 Å². The average molecular weight is 681 g/mol. The number of nitrogens with one attached hydrogen (secondary N) is 2. The Balaban J connectivity index is 2.72. The van der Waals surface area contributed by atoms with E-state index in [4.69, 9.17) is 4.74 Å². The Morgan fingerprint density at radius 3 is 1.60 bits per heavy atom. The Kier molecular flexibility index (Phi) is 21.6. The summed E-state index contributed by atoms with van der Waals surface area (Å²) in [5.41, 5.74) is -1.94. The van der Waals surface area contributed by atoms with Crippen molar-refractivity contribution in [3.8, 4) is 0 Å². The lowest BCUT2D eigenvalue weighted by Gasteiger charge is -2.35. The van der Waals surface area contributed by atoms with Gasteiger partial charge in [-0.15, -0.1) is 0 Å². The van der Waals surface area contributed by atoms with Gasteiger partial charge in [-0.05, 0) is 58.8 Å². The van der Waals surface area contributed by atoms with Gasteiger partial charge >= 0.3 is 29.2 Å². The number of unbranched alkanes of at least 4 members (excludes halogenated alkanes) is 10. The Morgan fingerprint density at radius 1 is 0.667 bits per heavy atom. The second kappa shape index (κ2) is 24.1. The normalized spacial score (nSPS) is 11.6. The fourth-order valence-electron chi connectivity index (χ4n) is 5.59. The third-order valence-corrected chi connectivity index (χ3v) is 8.49. The van der Waals surface area contributed by atoms with Crippen LogP contribution in [0.25, 0.3) is 0 Å². The summed E-state index contributed by atoms with van der Waals surface area (Å²) in [6.07, 6.45) is 13.3. The maximum Gasteiger partial charge on any atom is 0.407 e. The molecular weight excluding hydrogens is 612 g/mol. The fraction of sp³-hybridized carbons (Fsp3) is 0.861. The molecular formula is C36H68N6O6. The standard InChI is InChI=1S/C36H68N6O6/c1-8-10-11-14-19-25-39-33(45)40(26-20-15-12-17-22-30(3)4)35(47)41(34(39)46)27-21-16-13-18-24-37-31(43)42(36(5,6)7)28-29-48-32(44)38-23-9-2/h30H,8-29H2,1-7H3,(H,37,43)(H,38,44). The molecule has 0 aliphatic carbocycles. The summed E-state index contributed by atoms with van der Waals surface area (Å²) in [7, 11) is 0. The third-order valence-electron chi connectivity index (χ3n) is 8.49. The van der Waals surface area contributed by atoms with Gasteiger partial charge in [-0.2, -0.15) is 0 Å². The molecule has 278 valence electrons. The molecule has 0 radical (unpaired) electrons. The minimum atomic E-state index is -0.505. The maximum absolute atomic E-state index is 13.4. The van der Waals surface area contributed by atoms with Gasteiger partial charge in [0, 0.05) is 38.3 Å². The zero-order valence-corrected chi connectivity index (χ0v) is 31.4. The van der Waals surface area contributed by atoms with Crippen molar-refractivity contribution in [3.05, 3.63) is 31.5 Å². The number of amides is 3. The third kappa shape index (κ3) is 16.9. The van der Waals surface area contributed by atoms with Gasteiger partial charge < -0.3 is 20.3 Å². The van der Waals surface area contributed by atoms with Gasteiger partial charge in [0.1, 0.15) is 6.61 Å². The molecule has 0 atom stereocenters. The van der Waals surface area contributed by atoms with Crippen LogP contribution in [0.1, 0.15) is 145 Å². The number of rotatable bonds is 25. The van der Waals surface area contributed by atoms with E-state index in [9.17, 15) is 24.0 Å². The Bertz CT molecular complexity index is 1230. The van der Waals surface area contributed by atoms with E-state index in [2.05, 4.69) is 31.4 Å². The second-order valence-electron chi connectivity index (χ2n) is 14.3. The van der Waals surface area contributed by atoms with Crippen LogP contribution >= 0.6 is 0 Å². The molecule has 0 unspecified atom stereocenters. The molecule has 0 aliphatic rings. The van der Waals surface area contributed by atoms with E-state index in [0.717, 1.165) is 83.5 Å². The van der Waals surface area contributed by atoms with Crippen molar-refractivity contribution >= 4 is 12.1 Å². The first-order valence-corrected chi connectivity index (χ1v) is 18.8. The number of hydrogen-bond donors (Lipinski definition) is 2. The molecule has 0 saturated heterocycles. The highest BCUT2D eigenvalue weighted by Crippen LogP contribution is 2.13. The number of carbonyl (C=O) groups excluding carboxylic acids is 2. The van der Waals surface area contributed by atoms with Crippen LogP contribution in [0.5, 0.6) is 0 Å². The largest absolute Gasteiger partial charge is 0.448 e. The lowest BCUT2D eigenvalue weighted by molar-refractivity contribution is 0.102. The van der Waals surface area contributed by atoms with Crippen LogP contribution in [-0.2, 0) is 24.4 Å². The van der Waals surface area contributed by atoms with Gasteiger partial charge in [-0.25, -0.2) is 37.7 Å². The maximum atomic E-state index is 13.4. The van der Waals surface area contributed by atoms with E-state index in [0.29, 0.717) is 38.5 Å². The van der Waals surface area contributed by atoms with Crippen LogP contribution < -0.4 is 27.7 Å². The highest BCUT2D eigenvalue weighted by Gasteiger charge is 2.26. The van der Waals surface area contributed by atoms with Crippen molar-refractivity contribution < 1.29 is 14.3 Å². The Labute approximate surface area is 289 Å². The number of hydrogen-bond acceptors (Lipinski definition) is 6.